The molecule has 0 bridgehead atoms. The van der Waals surface area contributed by atoms with E-state index in [4.69, 9.17) is 16.3 Å². The summed E-state index contributed by atoms with van der Waals surface area (Å²) >= 11 is 6.12. The van der Waals surface area contributed by atoms with Gasteiger partial charge in [0.15, 0.2) is 6.61 Å². The number of carbonyl (C=O) groups excluding carboxylic acids is 1. The van der Waals surface area contributed by atoms with Crippen LogP contribution in [0.15, 0.2) is 30.5 Å². The van der Waals surface area contributed by atoms with Crippen molar-refractivity contribution in [2.75, 3.05) is 6.61 Å². The average molecular weight is 349 g/mol. The predicted molar refractivity (Wildman–Crippen MR) is 89.2 cm³/mol. The van der Waals surface area contributed by atoms with Crippen LogP contribution in [0.25, 0.3) is 10.9 Å². The molecule has 7 heteroatoms. The number of carboxylic acids is 1. The summed E-state index contributed by atoms with van der Waals surface area (Å²) < 4.78 is 5.54. The van der Waals surface area contributed by atoms with E-state index in [1.807, 2.05) is 6.07 Å². The van der Waals surface area contributed by atoms with Crippen molar-refractivity contribution >= 4 is 34.4 Å². The molecule has 126 valence electrons. The van der Waals surface area contributed by atoms with Crippen LogP contribution in [0.1, 0.15) is 25.7 Å². The van der Waals surface area contributed by atoms with Gasteiger partial charge in [0.1, 0.15) is 16.8 Å². The molecule has 2 N–H and O–H groups in total. The second-order valence-corrected chi connectivity index (χ2v) is 6.28. The highest BCUT2D eigenvalue weighted by molar-refractivity contribution is 6.35. The Balaban J connectivity index is 1.71. The second-order valence-electron chi connectivity index (χ2n) is 5.88. The van der Waals surface area contributed by atoms with Crippen LogP contribution in [0.5, 0.6) is 5.75 Å². The predicted octanol–water partition coefficient (Wildman–Crippen LogP) is 2.78. The molecule has 6 nitrogen and oxygen atoms in total. The molecule has 1 aromatic carbocycles. The van der Waals surface area contributed by atoms with E-state index in [0.29, 0.717) is 29.1 Å². The standard InChI is InChI=1S/C17H17ClN2O4/c18-12-5-6-13(15-11(12)4-3-9-19-15)24-10-14(21)20-17(16(22)23)7-1-2-8-17/h3-6,9H,1-2,7-8,10H2,(H,20,21)(H,22,23). The number of aliphatic carboxylic acids is 1. The number of pyridine rings is 1. The molecule has 1 aliphatic rings. The molecule has 0 saturated heterocycles. The first-order valence-electron chi connectivity index (χ1n) is 7.72. The van der Waals surface area contributed by atoms with Crippen LogP contribution in [-0.4, -0.2) is 34.1 Å². The third-order valence-electron chi connectivity index (χ3n) is 4.28. The lowest BCUT2D eigenvalue weighted by atomic mass is 9.98. The van der Waals surface area contributed by atoms with E-state index < -0.39 is 17.4 Å². The minimum absolute atomic E-state index is 0.275. The Morgan fingerprint density at radius 2 is 2.04 bits per heavy atom. The molecule has 1 saturated carbocycles. The summed E-state index contributed by atoms with van der Waals surface area (Å²) in [6.07, 6.45) is 4.08. The number of carboxylic acid groups (broad SMARTS) is 1. The third-order valence-corrected chi connectivity index (χ3v) is 4.61. The van der Waals surface area contributed by atoms with Gasteiger partial charge in [0.25, 0.3) is 5.91 Å². The second kappa shape index (κ2) is 6.65. The number of rotatable bonds is 5. The molecular formula is C17H17ClN2O4. The molecule has 0 atom stereocenters. The Morgan fingerprint density at radius 1 is 1.29 bits per heavy atom. The van der Waals surface area contributed by atoms with Crippen molar-refractivity contribution in [1.82, 2.24) is 10.3 Å². The molecule has 0 radical (unpaired) electrons. The van der Waals surface area contributed by atoms with E-state index in [0.717, 1.165) is 18.2 Å². The van der Waals surface area contributed by atoms with Crippen LogP contribution >= 0.6 is 11.6 Å². The van der Waals surface area contributed by atoms with Crippen LogP contribution < -0.4 is 10.1 Å². The van der Waals surface area contributed by atoms with Gasteiger partial charge in [-0.1, -0.05) is 24.4 Å². The van der Waals surface area contributed by atoms with Crippen molar-refractivity contribution in [1.29, 1.82) is 0 Å². The third kappa shape index (κ3) is 3.14. The van der Waals surface area contributed by atoms with Gasteiger partial charge in [-0.2, -0.15) is 0 Å². The summed E-state index contributed by atoms with van der Waals surface area (Å²) in [5.41, 5.74) is -0.604. The van der Waals surface area contributed by atoms with Gasteiger partial charge in [0, 0.05) is 11.6 Å². The lowest BCUT2D eigenvalue weighted by Gasteiger charge is -2.25. The van der Waals surface area contributed by atoms with Gasteiger partial charge in [-0.3, -0.25) is 9.78 Å². The van der Waals surface area contributed by atoms with E-state index in [1.54, 1.807) is 24.4 Å². The highest BCUT2D eigenvalue weighted by atomic mass is 35.5. The lowest BCUT2D eigenvalue weighted by Crippen LogP contribution is -2.53. The van der Waals surface area contributed by atoms with Crippen LogP contribution in [-0.2, 0) is 9.59 Å². The summed E-state index contributed by atoms with van der Waals surface area (Å²) in [4.78, 5) is 27.8. The van der Waals surface area contributed by atoms with Gasteiger partial charge in [-0.15, -0.1) is 0 Å². The lowest BCUT2D eigenvalue weighted by molar-refractivity contribution is -0.147. The number of nitrogens with one attached hydrogen (secondary N) is 1. The van der Waals surface area contributed by atoms with E-state index in [1.165, 1.54) is 0 Å². The summed E-state index contributed by atoms with van der Waals surface area (Å²) in [6, 6.07) is 6.90. The van der Waals surface area contributed by atoms with E-state index in [9.17, 15) is 14.7 Å². The zero-order chi connectivity index (χ0) is 17.2. The Hall–Kier alpha value is -2.34. The van der Waals surface area contributed by atoms with E-state index >= 15 is 0 Å². The van der Waals surface area contributed by atoms with Gasteiger partial charge in [-0.05, 0) is 37.1 Å². The maximum absolute atomic E-state index is 12.1. The van der Waals surface area contributed by atoms with Crippen LogP contribution in [0.2, 0.25) is 5.02 Å². The van der Waals surface area contributed by atoms with E-state index in [2.05, 4.69) is 10.3 Å². The molecule has 0 aliphatic heterocycles. The number of hydrogen-bond acceptors (Lipinski definition) is 4. The van der Waals surface area contributed by atoms with Crippen LogP contribution in [0.3, 0.4) is 0 Å². The van der Waals surface area contributed by atoms with Crippen LogP contribution in [0.4, 0.5) is 0 Å². The number of nitrogens with zero attached hydrogens (tertiary/aromatic N) is 1. The molecule has 0 unspecified atom stereocenters. The SMILES string of the molecule is O=C(COc1ccc(Cl)c2cccnc12)NC1(C(=O)O)CCCC1. The summed E-state index contributed by atoms with van der Waals surface area (Å²) in [7, 11) is 0. The van der Waals surface area contributed by atoms with Crippen molar-refractivity contribution in [2.45, 2.75) is 31.2 Å². The molecule has 1 heterocycles. The summed E-state index contributed by atoms with van der Waals surface area (Å²) in [6.45, 7) is -0.275. The minimum atomic E-state index is -1.17. The highest BCUT2D eigenvalue weighted by Gasteiger charge is 2.42. The highest BCUT2D eigenvalue weighted by Crippen LogP contribution is 2.31. The zero-order valence-corrected chi connectivity index (χ0v) is 13.7. The van der Waals surface area contributed by atoms with Gasteiger partial charge >= 0.3 is 5.97 Å². The molecule has 2 aromatic rings. The van der Waals surface area contributed by atoms with Crippen molar-refractivity contribution < 1.29 is 19.4 Å². The number of halogens is 1. The number of fused-ring (bicyclic) bond motifs is 1. The number of aromatic nitrogens is 1. The Morgan fingerprint density at radius 3 is 2.75 bits per heavy atom. The molecule has 1 aromatic heterocycles. The number of hydrogen-bond donors (Lipinski definition) is 2. The van der Waals surface area contributed by atoms with E-state index in [-0.39, 0.29) is 6.61 Å². The first-order chi connectivity index (χ1) is 11.5. The topological polar surface area (TPSA) is 88.5 Å². The fourth-order valence-corrected chi connectivity index (χ4v) is 3.26. The van der Waals surface area contributed by atoms with Crippen molar-refractivity contribution in [2.24, 2.45) is 0 Å². The van der Waals surface area contributed by atoms with Crippen molar-refractivity contribution in [3.8, 4) is 5.75 Å². The van der Waals surface area contributed by atoms with Gasteiger partial charge in [-0.25, -0.2) is 4.79 Å². The zero-order valence-electron chi connectivity index (χ0n) is 12.9. The Kier molecular flexibility index (Phi) is 4.57. The molecule has 3 rings (SSSR count). The average Bonchev–Trinajstić information content (AvgIpc) is 3.04. The van der Waals surface area contributed by atoms with Crippen molar-refractivity contribution in [3.05, 3.63) is 35.5 Å². The Labute approximate surface area is 143 Å². The number of benzene rings is 1. The normalized spacial score (nSPS) is 16.0. The first kappa shape index (κ1) is 16.5. The minimum Gasteiger partial charge on any atom is -0.481 e. The van der Waals surface area contributed by atoms with Gasteiger partial charge < -0.3 is 15.2 Å². The number of carbonyl (C=O) groups is 2. The maximum atomic E-state index is 12.1. The maximum Gasteiger partial charge on any atom is 0.329 e. The van der Waals surface area contributed by atoms with Crippen LogP contribution in [0, 0.1) is 0 Å². The fraction of sp³-hybridized carbons (Fsp3) is 0.353. The molecule has 0 spiro atoms. The smallest absolute Gasteiger partial charge is 0.329 e. The van der Waals surface area contributed by atoms with Crippen molar-refractivity contribution in [3.63, 3.8) is 0 Å². The molecule has 1 aliphatic carbocycles. The molecular weight excluding hydrogens is 332 g/mol. The summed E-state index contributed by atoms with van der Waals surface area (Å²) in [5.74, 6) is -1.02. The van der Waals surface area contributed by atoms with Gasteiger partial charge in [0.05, 0.1) is 5.02 Å². The molecule has 1 amide bonds. The van der Waals surface area contributed by atoms with Gasteiger partial charge in [0.2, 0.25) is 0 Å². The largest absolute Gasteiger partial charge is 0.481 e. The number of amides is 1. The first-order valence-corrected chi connectivity index (χ1v) is 8.10. The Bertz CT molecular complexity index is 787. The summed E-state index contributed by atoms with van der Waals surface area (Å²) in [5, 5.41) is 13.3. The fourth-order valence-electron chi connectivity index (χ4n) is 3.05. The monoisotopic (exact) mass is 348 g/mol. The molecule has 1 fully saturated rings. The quantitative estimate of drug-likeness (QED) is 0.867. The number of ether oxygens (including phenoxy) is 1. The molecule has 24 heavy (non-hydrogen) atoms.